The Morgan fingerprint density at radius 2 is 1.82 bits per heavy atom. The third kappa shape index (κ3) is 9.30. The standard InChI is InChI=1S/C37H48ClF3N8O2/c1-7-49(18-9-8-17-48(6)30(50)11-10-16-46(3)4)36-26-21-28(38)32(31-24(2)12-13-29-27(31)22-42-45-29)34(51-23-37(39,40)41)33(26)43-35(44-36)25-14-19-47(5)20-15-25/h10-13,21-22,25H,7-9,14-20,23H2,1-6H3,(H,42,45)/b11-10+. The van der Waals surface area contributed by atoms with Crippen molar-refractivity contribution in [3.63, 3.8) is 0 Å². The number of fused-ring (bicyclic) bond motifs is 2. The van der Waals surface area contributed by atoms with Crippen LogP contribution in [0.1, 0.15) is 49.9 Å². The average Bonchev–Trinajstić information content (AvgIpc) is 3.56. The van der Waals surface area contributed by atoms with Gasteiger partial charge in [-0.05, 0) is 91.5 Å². The molecule has 0 unspecified atom stereocenters. The minimum absolute atomic E-state index is 0.0249. The molecule has 1 fully saturated rings. The van der Waals surface area contributed by atoms with Gasteiger partial charge >= 0.3 is 6.18 Å². The molecule has 1 saturated heterocycles. The molecule has 0 aliphatic carbocycles. The Balaban J connectivity index is 1.58. The number of nitrogens with zero attached hydrogens (tertiary/aromatic N) is 7. The molecule has 1 aliphatic heterocycles. The van der Waals surface area contributed by atoms with Crippen LogP contribution in [0.2, 0.25) is 5.02 Å². The molecule has 0 atom stereocenters. The number of aromatic nitrogens is 4. The molecular weight excluding hydrogens is 681 g/mol. The van der Waals surface area contributed by atoms with Gasteiger partial charge in [-0.1, -0.05) is 23.7 Å². The number of H-pyrrole nitrogens is 1. The maximum atomic E-state index is 13.9. The van der Waals surface area contributed by atoms with E-state index in [2.05, 4.69) is 27.0 Å². The van der Waals surface area contributed by atoms with Gasteiger partial charge in [-0.15, -0.1) is 0 Å². The van der Waals surface area contributed by atoms with Gasteiger partial charge < -0.3 is 24.3 Å². The zero-order valence-electron chi connectivity index (χ0n) is 30.3. The summed E-state index contributed by atoms with van der Waals surface area (Å²) < 4.78 is 47.3. The summed E-state index contributed by atoms with van der Waals surface area (Å²) in [5.41, 5.74) is 2.80. The molecule has 2 aromatic heterocycles. The number of benzene rings is 2. The molecule has 5 rings (SSSR count). The van der Waals surface area contributed by atoms with Crippen LogP contribution >= 0.6 is 11.6 Å². The van der Waals surface area contributed by atoms with E-state index in [4.69, 9.17) is 26.3 Å². The van der Waals surface area contributed by atoms with Gasteiger partial charge in [0.1, 0.15) is 17.2 Å². The first-order chi connectivity index (χ1) is 24.3. The molecule has 0 spiro atoms. The van der Waals surface area contributed by atoms with Crippen LogP contribution in [-0.2, 0) is 4.79 Å². The number of hydrogen-bond acceptors (Lipinski definition) is 8. The van der Waals surface area contributed by atoms with Crippen molar-refractivity contribution in [2.24, 2.45) is 0 Å². The van der Waals surface area contributed by atoms with Gasteiger partial charge in [-0.2, -0.15) is 18.3 Å². The largest absolute Gasteiger partial charge is 0.481 e. The summed E-state index contributed by atoms with van der Waals surface area (Å²) in [4.78, 5) is 30.8. The van der Waals surface area contributed by atoms with Crippen molar-refractivity contribution in [2.45, 2.75) is 51.6 Å². The van der Waals surface area contributed by atoms with Crippen molar-refractivity contribution in [3.8, 4) is 16.9 Å². The van der Waals surface area contributed by atoms with E-state index in [0.29, 0.717) is 65.2 Å². The number of carbonyl (C=O) groups excluding carboxylic acids is 1. The second-order valence-electron chi connectivity index (χ2n) is 13.6. The van der Waals surface area contributed by atoms with E-state index >= 15 is 0 Å². The third-order valence-corrected chi connectivity index (χ3v) is 9.70. The predicted octanol–water partition coefficient (Wildman–Crippen LogP) is 7.07. The van der Waals surface area contributed by atoms with Gasteiger partial charge in [0.25, 0.3) is 0 Å². The highest BCUT2D eigenvalue weighted by Crippen LogP contribution is 2.47. The number of aryl methyl sites for hydroxylation is 1. The van der Waals surface area contributed by atoms with Crippen molar-refractivity contribution in [1.29, 1.82) is 0 Å². The fourth-order valence-corrected chi connectivity index (χ4v) is 6.84. The number of alkyl halides is 3. The number of halogens is 4. The van der Waals surface area contributed by atoms with Crippen LogP contribution in [0.25, 0.3) is 32.9 Å². The first kappa shape index (κ1) is 38.3. The van der Waals surface area contributed by atoms with E-state index in [0.717, 1.165) is 49.9 Å². The van der Waals surface area contributed by atoms with E-state index < -0.39 is 12.8 Å². The number of anilines is 1. The van der Waals surface area contributed by atoms with Crippen LogP contribution in [0.15, 0.2) is 36.5 Å². The molecule has 51 heavy (non-hydrogen) atoms. The van der Waals surface area contributed by atoms with Crippen LogP contribution in [0.3, 0.4) is 0 Å². The maximum absolute atomic E-state index is 13.9. The smallest absolute Gasteiger partial charge is 0.422 e. The highest BCUT2D eigenvalue weighted by molar-refractivity contribution is 6.35. The number of rotatable bonds is 14. The lowest BCUT2D eigenvalue weighted by molar-refractivity contribution is -0.153. The van der Waals surface area contributed by atoms with Gasteiger partial charge in [-0.25, -0.2) is 9.97 Å². The summed E-state index contributed by atoms with van der Waals surface area (Å²) in [6, 6.07) is 5.51. The Morgan fingerprint density at radius 1 is 1.10 bits per heavy atom. The van der Waals surface area contributed by atoms with Gasteiger partial charge in [0.2, 0.25) is 5.91 Å². The molecule has 276 valence electrons. The van der Waals surface area contributed by atoms with Gasteiger partial charge in [0.05, 0.1) is 16.7 Å². The molecule has 0 saturated carbocycles. The molecule has 1 N–H and O–H groups in total. The van der Waals surface area contributed by atoms with Gasteiger partial charge in [0.15, 0.2) is 12.4 Å². The molecular formula is C37H48ClF3N8O2. The number of likely N-dealkylation sites (N-methyl/N-ethyl adjacent to an activating group) is 2. The number of hydrogen-bond donors (Lipinski definition) is 1. The molecule has 10 nitrogen and oxygen atoms in total. The highest BCUT2D eigenvalue weighted by Gasteiger charge is 2.32. The quantitative estimate of drug-likeness (QED) is 0.109. The average molecular weight is 729 g/mol. The molecule has 14 heteroatoms. The molecule has 2 aromatic carbocycles. The van der Waals surface area contributed by atoms with Crippen LogP contribution in [-0.4, -0.2) is 121 Å². The summed E-state index contributed by atoms with van der Waals surface area (Å²) in [6.45, 7) is 6.59. The summed E-state index contributed by atoms with van der Waals surface area (Å²) in [5.74, 6) is 1.14. The van der Waals surface area contributed by atoms with Crippen LogP contribution in [0.4, 0.5) is 19.0 Å². The minimum atomic E-state index is -4.60. The number of carbonyl (C=O) groups is 1. The number of ether oxygens (including phenoxy) is 1. The molecule has 1 aliphatic rings. The predicted molar refractivity (Wildman–Crippen MR) is 198 cm³/mol. The van der Waals surface area contributed by atoms with Gasteiger partial charge in [-0.3, -0.25) is 9.89 Å². The number of amides is 1. The first-order valence-corrected chi connectivity index (χ1v) is 17.8. The molecule has 1 amide bonds. The molecule has 0 radical (unpaired) electrons. The number of likely N-dealkylation sites (tertiary alicyclic amines) is 1. The highest BCUT2D eigenvalue weighted by atomic mass is 35.5. The summed E-state index contributed by atoms with van der Waals surface area (Å²) in [7, 11) is 7.76. The first-order valence-electron chi connectivity index (χ1n) is 17.4. The fraction of sp³-hybridized carbons (Fsp3) is 0.514. The van der Waals surface area contributed by atoms with Crippen molar-refractivity contribution < 1.29 is 22.7 Å². The summed E-state index contributed by atoms with van der Waals surface area (Å²) in [6.07, 6.45) is 3.65. The molecule has 3 heterocycles. The number of nitrogens with one attached hydrogen (secondary N) is 1. The van der Waals surface area contributed by atoms with Crippen molar-refractivity contribution in [3.05, 3.63) is 53.0 Å². The lowest BCUT2D eigenvalue weighted by Crippen LogP contribution is -2.31. The summed E-state index contributed by atoms with van der Waals surface area (Å²) in [5, 5.41) is 8.60. The maximum Gasteiger partial charge on any atom is 0.422 e. The van der Waals surface area contributed by atoms with E-state index in [1.54, 1.807) is 30.3 Å². The Hall–Kier alpha value is -3.94. The second-order valence-corrected chi connectivity index (χ2v) is 14.1. The van der Waals surface area contributed by atoms with Gasteiger partial charge in [0, 0.05) is 67.1 Å². The lowest BCUT2D eigenvalue weighted by atomic mass is 9.93. The van der Waals surface area contributed by atoms with Crippen molar-refractivity contribution >= 4 is 45.1 Å². The third-order valence-electron chi connectivity index (χ3n) is 9.40. The van der Waals surface area contributed by atoms with Crippen molar-refractivity contribution in [2.75, 3.05) is 79.0 Å². The molecule has 0 bridgehead atoms. The minimum Gasteiger partial charge on any atom is -0.481 e. The van der Waals surface area contributed by atoms with Crippen LogP contribution in [0.5, 0.6) is 5.75 Å². The van der Waals surface area contributed by atoms with E-state index in [-0.39, 0.29) is 22.6 Å². The Labute approximate surface area is 302 Å². The number of unbranched alkanes of at least 4 members (excludes halogenated alkanes) is 1. The Morgan fingerprint density at radius 3 is 2.51 bits per heavy atom. The van der Waals surface area contributed by atoms with Crippen LogP contribution < -0.4 is 9.64 Å². The topological polar surface area (TPSA) is 93.7 Å². The summed E-state index contributed by atoms with van der Waals surface area (Å²) >= 11 is 7.08. The van der Waals surface area contributed by atoms with E-state index in [1.165, 1.54) is 0 Å². The zero-order valence-corrected chi connectivity index (χ0v) is 31.0. The zero-order chi connectivity index (χ0) is 36.9. The fourth-order valence-electron chi connectivity index (χ4n) is 6.55. The normalized spacial score (nSPS) is 14.7. The van der Waals surface area contributed by atoms with Crippen LogP contribution in [0, 0.1) is 6.92 Å². The SMILES string of the molecule is CCN(CCCCN(C)C(=O)/C=C/CN(C)C)c1nc(C2CCN(C)CC2)nc2c(OCC(F)(F)F)c(-c3c(C)ccc4[nH]ncc34)c(Cl)cc12. The van der Waals surface area contributed by atoms with Crippen molar-refractivity contribution in [1.82, 2.24) is 34.9 Å². The Kier molecular flexibility index (Phi) is 12.5. The number of aromatic amines is 1. The monoisotopic (exact) mass is 728 g/mol. The van der Waals surface area contributed by atoms with E-state index in [1.807, 2.05) is 51.1 Å². The Bertz CT molecular complexity index is 1850. The molecule has 4 aromatic rings. The number of piperidine rings is 1. The lowest BCUT2D eigenvalue weighted by Gasteiger charge is -2.30. The second kappa shape index (κ2) is 16.6. The van der Waals surface area contributed by atoms with E-state index in [9.17, 15) is 18.0 Å².